The number of benzene rings is 1. The van der Waals surface area contributed by atoms with Gasteiger partial charge < -0.3 is 5.32 Å². The zero-order chi connectivity index (χ0) is 13.8. The minimum atomic E-state index is -0.223. The quantitative estimate of drug-likeness (QED) is 0.767. The van der Waals surface area contributed by atoms with Crippen LogP contribution in [-0.2, 0) is 6.54 Å². The Morgan fingerprint density at radius 3 is 2.61 bits per heavy atom. The Morgan fingerprint density at radius 1 is 1.39 bits per heavy atom. The monoisotopic (exact) mass is 335 g/mol. The second-order valence-corrected chi connectivity index (χ2v) is 6.66. The minimum Gasteiger partial charge on any atom is -0.309 e. The van der Waals surface area contributed by atoms with E-state index in [0.29, 0.717) is 22.9 Å². The van der Waals surface area contributed by atoms with Gasteiger partial charge in [0.2, 0.25) is 0 Å². The molecule has 0 amide bonds. The van der Waals surface area contributed by atoms with E-state index >= 15 is 0 Å². The van der Waals surface area contributed by atoms with Crippen molar-refractivity contribution in [1.29, 1.82) is 0 Å². The zero-order valence-electron chi connectivity index (χ0n) is 11.1. The van der Waals surface area contributed by atoms with Gasteiger partial charge in [-0.3, -0.25) is 0 Å². The normalized spacial score (nSPS) is 13.7. The van der Waals surface area contributed by atoms with Crippen LogP contribution in [0.25, 0.3) is 0 Å². The van der Waals surface area contributed by atoms with E-state index in [1.165, 1.54) is 6.07 Å². The van der Waals surface area contributed by atoms with E-state index in [1.54, 1.807) is 6.07 Å². The molecular weight excluding hydrogens is 317 g/mol. The van der Waals surface area contributed by atoms with E-state index in [9.17, 15) is 4.39 Å². The summed E-state index contributed by atoms with van der Waals surface area (Å²) in [4.78, 5) is 0. The molecule has 102 valence electrons. The Bertz CT molecular complexity index is 390. The lowest BCUT2D eigenvalue weighted by Crippen LogP contribution is -2.40. The number of nitrogens with one attached hydrogen (secondary N) is 1. The van der Waals surface area contributed by atoms with E-state index in [4.69, 9.17) is 11.6 Å². The van der Waals surface area contributed by atoms with Crippen molar-refractivity contribution in [2.24, 2.45) is 5.41 Å². The van der Waals surface area contributed by atoms with E-state index in [2.05, 4.69) is 42.0 Å². The maximum absolute atomic E-state index is 13.4. The molecule has 1 aromatic rings. The third-order valence-corrected chi connectivity index (χ3v) is 4.12. The molecule has 4 heteroatoms. The van der Waals surface area contributed by atoms with Gasteiger partial charge in [-0.15, -0.1) is 11.6 Å². The highest BCUT2D eigenvalue weighted by atomic mass is 79.9. The number of halogens is 3. The molecule has 1 atom stereocenters. The lowest BCUT2D eigenvalue weighted by molar-refractivity contribution is 0.260. The van der Waals surface area contributed by atoms with Crippen molar-refractivity contribution in [2.75, 3.05) is 5.88 Å². The SMILES string of the molecule is CC(C)(C)C(CCCl)NCc1cccc(F)c1Br. The molecule has 0 bridgehead atoms. The van der Waals surface area contributed by atoms with E-state index in [0.717, 1.165) is 12.0 Å². The Kier molecular flexibility index (Phi) is 6.09. The first-order chi connectivity index (χ1) is 8.36. The molecule has 0 aliphatic heterocycles. The van der Waals surface area contributed by atoms with Gasteiger partial charge in [0.15, 0.2) is 0 Å². The van der Waals surface area contributed by atoms with Crippen LogP contribution >= 0.6 is 27.5 Å². The van der Waals surface area contributed by atoms with Crippen LogP contribution < -0.4 is 5.32 Å². The highest BCUT2D eigenvalue weighted by molar-refractivity contribution is 9.10. The van der Waals surface area contributed by atoms with Gasteiger partial charge in [-0.25, -0.2) is 4.39 Å². The average molecular weight is 337 g/mol. The Labute approximate surface area is 122 Å². The smallest absolute Gasteiger partial charge is 0.137 e. The average Bonchev–Trinajstić information content (AvgIpc) is 2.28. The van der Waals surface area contributed by atoms with Crippen LogP contribution in [0.3, 0.4) is 0 Å². The van der Waals surface area contributed by atoms with E-state index in [-0.39, 0.29) is 11.2 Å². The Morgan fingerprint density at radius 2 is 2.06 bits per heavy atom. The molecular formula is C14H20BrClFN. The van der Waals surface area contributed by atoms with E-state index < -0.39 is 0 Å². The fraction of sp³-hybridized carbons (Fsp3) is 0.571. The first-order valence-corrected chi connectivity index (χ1v) is 7.41. The van der Waals surface area contributed by atoms with Crippen molar-refractivity contribution >= 4 is 27.5 Å². The van der Waals surface area contributed by atoms with Crippen LogP contribution in [0.5, 0.6) is 0 Å². The highest BCUT2D eigenvalue weighted by Crippen LogP contribution is 2.24. The summed E-state index contributed by atoms with van der Waals surface area (Å²) in [6, 6.07) is 5.41. The summed E-state index contributed by atoms with van der Waals surface area (Å²) in [6.45, 7) is 7.17. The summed E-state index contributed by atoms with van der Waals surface area (Å²) in [5, 5.41) is 3.46. The van der Waals surface area contributed by atoms with Crippen LogP contribution in [0.2, 0.25) is 0 Å². The van der Waals surface area contributed by atoms with Crippen molar-refractivity contribution in [3.63, 3.8) is 0 Å². The van der Waals surface area contributed by atoms with E-state index in [1.807, 2.05) is 6.07 Å². The van der Waals surface area contributed by atoms with Crippen molar-refractivity contribution in [1.82, 2.24) is 5.32 Å². The molecule has 1 rings (SSSR count). The highest BCUT2D eigenvalue weighted by Gasteiger charge is 2.23. The van der Waals surface area contributed by atoms with Crippen LogP contribution in [0, 0.1) is 11.2 Å². The zero-order valence-corrected chi connectivity index (χ0v) is 13.4. The number of alkyl halides is 1. The second-order valence-electron chi connectivity index (χ2n) is 5.49. The predicted octanol–water partition coefficient (Wildman–Crippen LogP) is 4.72. The fourth-order valence-corrected chi connectivity index (χ4v) is 2.49. The van der Waals surface area contributed by atoms with Gasteiger partial charge in [0.05, 0.1) is 4.47 Å². The summed E-state index contributed by atoms with van der Waals surface area (Å²) in [6.07, 6.45) is 0.901. The summed E-state index contributed by atoms with van der Waals surface area (Å²) >= 11 is 9.11. The molecule has 18 heavy (non-hydrogen) atoms. The number of rotatable bonds is 5. The minimum absolute atomic E-state index is 0.134. The molecule has 1 aromatic carbocycles. The number of hydrogen-bond donors (Lipinski definition) is 1. The molecule has 1 N–H and O–H groups in total. The lowest BCUT2D eigenvalue weighted by atomic mass is 9.85. The molecule has 0 heterocycles. The molecule has 1 unspecified atom stereocenters. The fourth-order valence-electron chi connectivity index (χ4n) is 1.87. The van der Waals surface area contributed by atoms with Crippen molar-refractivity contribution in [2.45, 2.75) is 39.8 Å². The van der Waals surface area contributed by atoms with Gasteiger partial charge >= 0.3 is 0 Å². The maximum Gasteiger partial charge on any atom is 0.137 e. The third-order valence-electron chi connectivity index (χ3n) is 3.01. The Balaban J connectivity index is 2.70. The van der Waals surface area contributed by atoms with Gasteiger partial charge in [0, 0.05) is 18.5 Å². The molecule has 0 saturated carbocycles. The Hall–Kier alpha value is -0.120. The topological polar surface area (TPSA) is 12.0 Å². The molecule has 0 radical (unpaired) electrons. The standard InChI is InChI=1S/C14H20BrClFN/c1-14(2,3)12(7-8-16)18-9-10-5-4-6-11(17)13(10)15/h4-6,12,18H,7-9H2,1-3H3. The summed E-state index contributed by atoms with van der Waals surface area (Å²) in [5.74, 6) is 0.401. The summed E-state index contributed by atoms with van der Waals surface area (Å²) < 4.78 is 13.9. The third kappa shape index (κ3) is 4.52. The maximum atomic E-state index is 13.4. The number of hydrogen-bond acceptors (Lipinski definition) is 1. The molecule has 1 nitrogen and oxygen atoms in total. The first-order valence-electron chi connectivity index (χ1n) is 6.08. The van der Waals surface area contributed by atoms with Crippen LogP contribution in [0.15, 0.2) is 22.7 Å². The van der Waals surface area contributed by atoms with Crippen molar-refractivity contribution in [3.05, 3.63) is 34.1 Å². The largest absolute Gasteiger partial charge is 0.309 e. The van der Waals surface area contributed by atoms with Crippen molar-refractivity contribution in [3.8, 4) is 0 Å². The second kappa shape index (κ2) is 6.88. The summed E-state index contributed by atoms with van der Waals surface area (Å²) in [7, 11) is 0. The molecule has 0 saturated heterocycles. The molecule has 0 aromatic heterocycles. The van der Waals surface area contributed by atoms with Gasteiger partial charge in [-0.2, -0.15) is 0 Å². The lowest BCUT2D eigenvalue weighted by Gasteiger charge is -2.31. The first kappa shape index (κ1) is 15.9. The molecule has 0 aliphatic carbocycles. The van der Waals surface area contributed by atoms with Gasteiger partial charge in [0.1, 0.15) is 5.82 Å². The molecule has 0 fully saturated rings. The van der Waals surface area contributed by atoms with Gasteiger partial charge in [-0.05, 0) is 39.4 Å². The van der Waals surface area contributed by atoms with Crippen molar-refractivity contribution < 1.29 is 4.39 Å². The van der Waals surface area contributed by atoms with Gasteiger partial charge in [0.25, 0.3) is 0 Å². The van der Waals surface area contributed by atoms with Crippen LogP contribution in [0.4, 0.5) is 4.39 Å². The molecule has 0 aliphatic rings. The predicted molar refractivity (Wildman–Crippen MR) is 79.5 cm³/mol. The van der Waals surface area contributed by atoms with Gasteiger partial charge in [-0.1, -0.05) is 32.9 Å². The van der Waals surface area contributed by atoms with Crippen LogP contribution in [-0.4, -0.2) is 11.9 Å². The van der Waals surface area contributed by atoms with Crippen LogP contribution in [0.1, 0.15) is 32.8 Å². The summed E-state index contributed by atoms with van der Waals surface area (Å²) in [5.41, 5.74) is 1.06. The molecule has 0 spiro atoms.